The largest absolute Gasteiger partial charge is 0.507 e. The average molecular weight is 551 g/mol. The zero-order valence-corrected chi connectivity index (χ0v) is 22.2. The van der Waals surface area contributed by atoms with E-state index in [9.17, 15) is 20.1 Å². The number of phenolic OH excluding ortho intramolecular Hbond substituents is 1. The first-order chi connectivity index (χ1) is 19.4. The van der Waals surface area contributed by atoms with Gasteiger partial charge in [0.05, 0.1) is 39.6 Å². The molecule has 1 amide bonds. The number of hydrogen-bond donors (Lipinski definition) is 4. The van der Waals surface area contributed by atoms with Crippen molar-refractivity contribution in [1.82, 2.24) is 5.43 Å². The highest BCUT2D eigenvalue weighted by atomic mass is 16.7. The Morgan fingerprint density at radius 3 is 2.27 bits per heavy atom. The number of aliphatic hydroxyl groups excluding tert-OH is 2. The highest BCUT2D eigenvalue weighted by Crippen LogP contribution is 2.53. The number of benzene rings is 3. The number of phenols is 1. The molecule has 11 nitrogen and oxygen atoms in total. The lowest BCUT2D eigenvalue weighted by Crippen LogP contribution is -2.44. The van der Waals surface area contributed by atoms with E-state index in [0.29, 0.717) is 51.0 Å². The Morgan fingerprint density at radius 1 is 1.02 bits per heavy atom. The molecule has 1 heterocycles. The molecule has 210 valence electrons. The van der Waals surface area contributed by atoms with E-state index >= 15 is 0 Å². The molecular weight excluding hydrogens is 520 g/mol. The SMILES string of the molecule is COc1cc([C@H]2c3cc4c(cc3[C@@H](O)[C@H](CO)[C@@H]2C(=O)N/N=C\c2ccccc2O)OCO4)cc(OC)c1OC. The average Bonchev–Trinajstić information content (AvgIpc) is 3.44. The van der Waals surface area contributed by atoms with E-state index in [1.165, 1.54) is 33.6 Å². The minimum absolute atomic E-state index is 0.00197. The number of nitrogens with one attached hydrogen (secondary N) is 1. The molecule has 1 aliphatic heterocycles. The van der Waals surface area contributed by atoms with Crippen molar-refractivity contribution in [2.75, 3.05) is 34.7 Å². The summed E-state index contributed by atoms with van der Waals surface area (Å²) in [6.45, 7) is -0.463. The van der Waals surface area contributed by atoms with Crippen LogP contribution < -0.4 is 29.1 Å². The Bertz CT molecular complexity index is 1420. The Morgan fingerprint density at radius 2 is 1.68 bits per heavy atom. The van der Waals surface area contributed by atoms with Gasteiger partial charge in [-0.25, -0.2) is 5.43 Å². The third kappa shape index (κ3) is 4.74. The van der Waals surface area contributed by atoms with Gasteiger partial charge in [0.25, 0.3) is 0 Å². The summed E-state index contributed by atoms with van der Waals surface area (Å²) < 4.78 is 27.8. The molecule has 2 aliphatic rings. The van der Waals surface area contributed by atoms with Crippen LogP contribution in [-0.2, 0) is 4.79 Å². The second-order valence-corrected chi connectivity index (χ2v) is 9.38. The number of carbonyl (C=O) groups is 1. The van der Waals surface area contributed by atoms with Gasteiger partial charge in [0.2, 0.25) is 18.4 Å². The number of hydrogen-bond acceptors (Lipinski definition) is 10. The smallest absolute Gasteiger partial charge is 0.244 e. The normalized spacial score (nSPS) is 21.1. The minimum atomic E-state index is -1.19. The van der Waals surface area contributed by atoms with E-state index in [1.54, 1.807) is 42.5 Å². The fourth-order valence-electron chi connectivity index (χ4n) is 5.43. The number of aliphatic hydroxyl groups is 2. The summed E-state index contributed by atoms with van der Waals surface area (Å²) in [5.74, 6) is -1.06. The lowest BCUT2D eigenvalue weighted by molar-refractivity contribution is -0.131. The van der Waals surface area contributed by atoms with E-state index in [2.05, 4.69) is 10.5 Å². The molecule has 0 saturated heterocycles. The van der Waals surface area contributed by atoms with E-state index in [4.69, 9.17) is 23.7 Å². The van der Waals surface area contributed by atoms with Gasteiger partial charge in [-0.2, -0.15) is 5.10 Å². The lowest BCUT2D eigenvalue weighted by Gasteiger charge is -2.41. The number of nitrogens with zero attached hydrogens (tertiary/aromatic N) is 1. The third-order valence-corrected chi connectivity index (χ3v) is 7.33. The Labute approximate surface area is 230 Å². The highest BCUT2D eigenvalue weighted by molar-refractivity contribution is 5.86. The summed E-state index contributed by atoms with van der Waals surface area (Å²) >= 11 is 0. The molecule has 3 aromatic rings. The molecule has 0 radical (unpaired) electrons. The van der Waals surface area contributed by atoms with Crippen molar-refractivity contribution in [1.29, 1.82) is 0 Å². The van der Waals surface area contributed by atoms with E-state index in [0.717, 1.165) is 0 Å². The van der Waals surface area contributed by atoms with Crippen molar-refractivity contribution < 1.29 is 43.8 Å². The van der Waals surface area contributed by atoms with Gasteiger partial charge in [-0.1, -0.05) is 12.1 Å². The standard InChI is InChI=1S/C29H30N2O9/c1-36-23-8-16(9-24(37-2)28(23)38-3)25-17-10-21-22(40-14-39-21)11-18(17)27(34)19(13-32)26(25)29(35)31-30-12-15-6-4-5-7-20(15)33/h4-12,19,25-27,32-34H,13-14H2,1-3H3,(H,31,35)/b30-12-/t19-,25+,26+,27-/m1/s1. The summed E-state index contributed by atoms with van der Waals surface area (Å²) in [5, 5.41) is 35.9. The number of methoxy groups -OCH3 is 3. The van der Waals surface area contributed by atoms with Crippen LogP contribution in [0.5, 0.6) is 34.5 Å². The van der Waals surface area contributed by atoms with Crippen LogP contribution in [0.2, 0.25) is 0 Å². The predicted octanol–water partition coefficient (Wildman–Crippen LogP) is 2.70. The first-order valence-corrected chi connectivity index (χ1v) is 12.5. The van der Waals surface area contributed by atoms with E-state index in [-0.39, 0.29) is 12.5 Å². The number of fused-ring (bicyclic) bond motifs is 2. The molecule has 0 spiro atoms. The number of para-hydroxylation sites is 1. The second-order valence-electron chi connectivity index (χ2n) is 9.38. The van der Waals surface area contributed by atoms with Crippen molar-refractivity contribution in [3.8, 4) is 34.5 Å². The molecule has 3 aromatic carbocycles. The lowest BCUT2D eigenvalue weighted by atomic mass is 9.65. The molecule has 4 atom stereocenters. The molecule has 0 bridgehead atoms. The van der Waals surface area contributed by atoms with Crippen LogP contribution in [0.1, 0.15) is 34.3 Å². The van der Waals surface area contributed by atoms with Crippen LogP contribution in [0.15, 0.2) is 53.6 Å². The van der Waals surface area contributed by atoms with Crippen molar-refractivity contribution >= 4 is 12.1 Å². The van der Waals surface area contributed by atoms with E-state index < -0.39 is 36.4 Å². The van der Waals surface area contributed by atoms with Gasteiger partial charge in [-0.05, 0) is 53.1 Å². The van der Waals surface area contributed by atoms with Crippen molar-refractivity contribution in [3.63, 3.8) is 0 Å². The zero-order chi connectivity index (χ0) is 28.4. The molecule has 5 rings (SSSR count). The minimum Gasteiger partial charge on any atom is -0.507 e. The maximum absolute atomic E-state index is 13.8. The first kappa shape index (κ1) is 27.1. The topological polar surface area (TPSA) is 148 Å². The van der Waals surface area contributed by atoms with Gasteiger partial charge >= 0.3 is 0 Å². The van der Waals surface area contributed by atoms with Crippen LogP contribution in [0.3, 0.4) is 0 Å². The maximum Gasteiger partial charge on any atom is 0.244 e. The number of ether oxygens (including phenoxy) is 5. The quantitative estimate of drug-likeness (QED) is 0.245. The van der Waals surface area contributed by atoms with Gasteiger partial charge in [0, 0.05) is 24.0 Å². The van der Waals surface area contributed by atoms with Crippen molar-refractivity contribution in [2.24, 2.45) is 16.9 Å². The molecule has 11 heteroatoms. The fourth-order valence-corrected chi connectivity index (χ4v) is 5.43. The Balaban J connectivity index is 1.64. The predicted molar refractivity (Wildman–Crippen MR) is 143 cm³/mol. The zero-order valence-electron chi connectivity index (χ0n) is 22.2. The summed E-state index contributed by atoms with van der Waals surface area (Å²) in [7, 11) is 4.48. The summed E-state index contributed by atoms with van der Waals surface area (Å²) in [6, 6.07) is 13.4. The fraction of sp³-hybridized carbons (Fsp3) is 0.310. The van der Waals surface area contributed by atoms with Crippen LogP contribution in [0.25, 0.3) is 0 Å². The van der Waals surface area contributed by atoms with Crippen LogP contribution in [0.4, 0.5) is 0 Å². The van der Waals surface area contributed by atoms with Crippen LogP contribution >= 0.6 is 0 Å². The molecule has 4 N–H and O–H groups in total. The molecule has 0 unspecified atom stereocenters. The maximum atomic E-state index is 13.8. The van der Waals surface area contributed by atoms with Crippen LogP contribution in [0, 0.1) is 11.8 Å². The first-order valence-electron chi connectivity index (χ1n) is 12.5. The summed E-state index contributed by atoms with van der Waals surface area (Å²) in [5.41, 5.74) is 4.67. The molecule has 0 aromatic heterocycles. The number of rotatable bonds is 8. The molecule has 40 heavy (non-hydrogen) atoms. The van der Waals surface area contributed by atoms with Crippen LogP contribution in [-0.4, -0.2) is 62.2 Å². The van der Waals surface area contributed by atoms with E-state index in [1.807, 2.05) is 0 Å². The number of amides is 1. The van der Waals surface area contributed by atoms with Gasteiger partial charge in [0.15, 0.2) is 23.0 Å². The van der Waals surface area contributed by atoms with Crippen molar-refractivity contribution in [2.45, 2.75) is 12.0 Å². The monoisotopic (exact) mass is 550 g/mol. The van der Waals surface area contributed by atoms with Gasteiger partial charge < -0.3 is 39.0 Å². The molecule has 0 fully saturated rings. The molecule has 1 aliphatic carbocycles. The number of aromatic hydroxyl groups is 1. The van der Waals surface area contributed by atoms with Gasteiger partial charge in [0.1, 0.15) is 5.75 Å². The molecule has 0 saturated carbocycles. The van der Waals surface area contributed by atoms with Crippen molar-refractivity contribution in [3.05, 3.63) is 70.8 Å². The number of hydrazone groups is 1. The number of carbonyl (C=O) groups excluding carboxylic acids is 1. The Kier molecular flexibility index (Phi) is 7.67. The summed E-state index contributed by atoms with van der Waals surface area (Å²) in [6.07, 6.45) is 0.131. The second kappa shape index (κ2) is 11.3. The summed E-state index contributed by atoms with van der Waals surface area (Å²) in [4.78, 5) is 13.8. The Hall–Kier alpha value is -4.48. The van der Waals surface area contributed by atoms with Gasteiger partial charge in [-0.15, -0.1) is 0 Å². The third-order valence-electron chi connectivity index (χ3n) is 7.33. The highest BCUT2D eigenvalue weighted by Gasteiger charge is 2.47. The van der Waals surface area contributed by atoms with Gasteiger partial charge in [-0.3, -0.25) is 4.79 Å². The molecular formula is C29H30N2O9.